The third kappa shape index (κ3) is 72.2. The summed E-state index contributed by atoms with van der Waals surface area (Å²) >= 11 is 0. The van der Waals surface area contributed by atoms with Crippen LogP contribution in [-0.4, -0.2) is 96.7 Å². The van der Waals surface area contributed by atoms with Crippen molar-refractivity contribution < 1.29 is 80.2 Å². The average molecular weight is 1420 g/mol. The van der Waals surface area contributed by atoms with Gasteiger partial charge in [-0.3, -0.25) is 37.3 Å². The number of carbonyl (C=O) groups excluding carboxylic acids is 4. The predicted molar refractivity (Wildman–Crippen MR) is 395 cm³/mol. The van der Waals surface area contributed by atoms with Crippen LogP contribution in [0.5, 0.6) is 0 Å². The van der Waals surface area contributed by atoms with Gasteiger partial charge in [0, 0.05) is 25.7 Å². The summed E-state index contributed by atoms with van der Waals surface area (Å²) in [6, 6.07) is 0. The Labute approximate surface area is 594 Å². The molecule has 0 saturated carbocycles. The fourth-order valence-corrected chi connectivity index (χ4v) is 13.5. The molecule has 2 unspecified atom stereocenters. The Bertz CT molecular complexity index is 1890. The van der Waals surface area contributed by atoms with Gasteiger partial charge in [0.15, 0.2) is 12.2 Å². The summed E-state index contributed by atoms with van der Waals surface area (Å²) in [5, 5.41) is 10.6. The number of phosphoric ester groups is 2. The second kappa shape index (κ2) is 68.5. The number of carbonyl (C=O) groups is 4. The van der Waals surface area contributed by atoms with E-state index in [9.17, 15) is 43.2 Å². The number of aliphatic hydroxyl groups excluding tert-OH is 1. The topological polar surface area (TPSA) is 237 Å². The number of rotatable bonds is 76. The van der Waals surface area contributed by atoms with Gasteiger partial charge in [0.1, 0.15) is 19.3 Å². The minimum Gasteiger partial charge on any atom is -0.462 e. The fraction of sp³-hybridized carbons (Fsp3) is 0.949. The molecule has 0 amide bonds. The van der Waals surface area contributed by atoms with Crippen LogP contribution in [-0.2, 0) is 65.4 Å². The van der Waals surface area contributed by atoms with Crippen molar-refractivity contribution in [3.63, 3.8) is 0 Å². The number of hydrogen-bond acceptors (Lipinski definition) is 15. The second-order valence-corrected chi connectivity index (χ2v) is 32.4. The van der Waals surface area contributed by atoms with Crippen LogP contribution in [0.25, 0.3) is 0 Å². The standard InChI is InChI=1S/C78H152O17P2/c1-8-9-10-11-12-13-24-32-39-47-54-61-77(82)95-74(66-89-76(81)60-53-46-41-34-37-44-51-58-71(6)7)68-93-97(86,87)91-64-72(79)63-90-96(84,85)92-67-73(65-88-75(80)59-52-45-38-31-27-22-19-18-21-26-30-36-43-50-57-70(4)5)94-78(83)62-55-48-40-33-28-23-17-15-14-16-20-25-29-35-42-49-56-69(2)3/h69-74,79H,8-68H2,1-7H3,(H,84,85)(H,86,87)/t72-,73-,74-/m1/s1. The minimum atomic E-state index is -4.96. The molecule has 576 valence electrons. The average Bonchev–Trinajstić information content (AvgIpc) is 1.99. The lowest BCUT2D eigenvalue weighted by molar-refractivity contribution is -0.161. The zero-order valence-corrected chi connectivity index (χ0v) is 65.3. The summed E-state index contributed by atoms with van der Waals surface area (Å²) in [6.07, 6.45) is 55.6. The van der Waals surface area contributed by atoms with Gasteiger partial charge in [-0.2, -0.15) is 0 Å². The van der Waals surface area contributed by atoms with Crippen molar-refractivity contribution in [2.24, 2.45) is 17.8 Å². The number of ether oxygens (including phenoxy) is 4. The Kier molecular flexibility index (Phi) is 67.1. The number of hydrogen-bond donors (Lipinski definition) is 3. The van der Waals surface area contributed by atoms with Crippen molar-refractivity contribution in [1.82, 2.24) is 0 Å². The van der Waals surface area contributed by atoms with Crippen LogP contribution in [0.4, 0.5) is 0 Å². The third-order valence-corrected chi connectivity index (χ3v) is 20.0. The van der Waals surface area contributed by atoms with E-state index in [0.29, 0.717) is 31.6 Å². The van der Waals surface area contributed by atoms with Crippen LogP contribution < -0.4 is 0 Å². The Balaban J connectivity index is 5.22. The Morgan fingerprint density at radius 2 is 0.474 bits per heavy atom. The first-order valence-corrected chi connectivity index (χ1v) is 43.3. The molecule has 97 heavy (non-hydrogen) atoms. The SMILES string of the molecule is CCCCCCCCCCCCCC(=O)O[C@H](COC(=O)CCCCCCCCCC(C)C)COP(=O)(O)OC[C@H](O)COP(=O)(O)OC[C@@H](COC(=O)CCCCCCCCCCCCCCCCC(C)C)OC(=O)CCCCCCCCCCCCCCCCCCC(C)C. The van der Waals surface area contributed by atoms with E-state index >= 15 is 0 Å². The van der Waals surface area contributed by atoms with Crippen LogP contribution in [0, 0.1) is 17.8 Å². The van der Waals surface area contributed by atoms with Crippen LogP contribution >= 0.6 is 15.6 Å². The van der Waals surface area contributed by atoms with Crippen LogP contribution in [0.3, 0.4) is 0 Å². The molecule has 0 aromatic rings. The first kappa shape index (κ1) is 95.1. The maximum absolute atomic E-state index is 13.1. The van der Waals surface area contributed by atoms with Crippen molar-refractivity contribution in [1.29, 1.82) is 0 Å². The number of unbranched alkanes of at least 4 members (excludes halogenated alkanes) is 44. The molecule has 0 bridgehead atoms. The van der Waals surface area contributed by atoms with E-state index in [2.05, 4.69) is 48.5 Å². The zero-order chi connectivity index (χ0) is 71.6. The molecule has 17 nitrogen and oxygen atoms in total. The molecular formula is C78H152O17P2. The molecule has 0 heterocycles. The number of aliphatic hydroxyl groups is 1. The minimum absolute atomic E-state index is 0.106. The largest absolute Gasteiger partial charge is 0.472 e. The van der Waals surface area contributed by atoms with Crippen LogP contribution in [0.1, 0.15) is 402 Å². The molecule has 3 N–H and O–H groups in total. The molecular weight excluding hydrogens is 1270 g/mol. The summed E-state index contributed by atoms with van der Waals surface area (Å²) in [7, 11) is -9.91. The van der Waals surface area contributed by atoms with Crippen molar-refractivity contribution in [3.8, 4) is 0 Å². The van der Waals surface area contributed by atoms with Gasteiger partial charge < -0.3 is 33.8 Å². The van der Waals surface area contributed by atoms with E-state index in [1.807, 2.05) is 0 Å². The van der Waals surface area contributed by atoms with Gasteiger partial charge >= 0.3 is 39.5 Å². The molecule has 0 rings (SSSR count). The lowest BCUT2D eigenvalue weighted by Gasteiger charge is -2.21. The highest BCUT2D eigenvalue weighted by molar-refractivity contribution is 7.47. The van der Waals surface area contributed by atoms with E-state index in [1.165, 1.54) is 205 Å². The Morgan fingerprint density at radius 3 is 0.701 bits per heavy atom. The van der Waals surface area contributed by atoms with E-state index in [1.54, 1.807) is 0 Å². The molecule has 0 fully saturated rings. The summed E-state index contributed by atoms with van der Waals surface area (Å²) in [5.41, 5.74) is 0. The monoisotopic (exact) mass is 1420 g/mol. The molecule has 0 aromatic carbocycles. The molecule has 0 spiro atoms. The van der Waals surface area contributed by atoms with Crippen molar-refractivity contribution in [2.45, 2.75) is 420 Å². The van der Waals surface area contributed by atoms with Gasteiger partial charge in [0.25, 0.3) is 0 Å². The van der Waals surface area contributed by atoms with Gasteiger partial charge in [-0.15, -0.1) is 0 Å². The van der Waals surface area contributed by atoms with Crippen molar-refractivity contribution >= 4 is 39.5 Å². The fourth-order valence-electron chi connectivity index (χ4n) is 12.0. The Morgan fingerprint density at radius 1 is 0.278 bits per heavy atom. The third-order valence-electron chi connectivity index (χ3n) is 18.1. The molecule has 0 aliphatic heterocycles. The molecule has 0 saturated heterocycles. The van der Waals surface area contributed by atoms with E-state index in [4.69, 9.17) is 37.0 Å². The molecule has 0 radical (unpaired) electrons. The second-order valence-electron chi connectivity index (χ2n) is 29.5. The van der Waals surface area contributed by atoms with Gasteiger partial charge in [0.05, 0.1) is 26.4 Å². The van der Waals surface area contributed by atoms with Gasteiger partial charge in [-0.1, -0.05) is 350 Å². The highest BCUT2D eigenvalue weighted by Gasteiger charge is 2.30. The lowest BCUT2D eigenvalue weighted by Crippen LogP contribution is -2.30. The smallest absolute Gasteiger partial charge is 0.462 e. The molecule has 19 heteroatoms. The highest BCUT2D eigenvalue weighted by Crippen LogP contribution is 2.45. The first-order valence-electron chi connectivity index (χ1n) is 40.3. The van der Waals surface area contributed by atoms with E-state index < -0.39 is 97.5 Å². The quantitative estimate of drug-likeness (QED) is 0.0222. The summed E-state index contributed by atoms with van der Waals surface area (Å²) in [6.45, 7) is 11.9. The number of phosphoric acid groups is 2. The molecule has 5 atom stereocenters. The molecule has 0 aromatic heterocycles. The summed E-state index contributed by atoms with van der Waals surface area (Å²) in [4.78, 5) is 72.8. The molecule has 0 aliphatic carbocycles. The van der Waals surface area contributed by atoms with Crippen LogP contribution in [0.15, 0.2) is 0 Å². The van der Waals surface area contributed by atoms with Gasteiger partial charge in [0.2, 0.25) is 0 Å². The number of esters is 4. The normalized spacial score (nSPS) is 14.0. The first-order chi connectivity index (χ1) is 46.7. The lowest BCUT2D eigenvalue weighted by atomic mass is 10.0. The van der Waals surface area contributed by atoms with Gasteiger partial charge in [-0.05, 0) is 43.4 Å². The molecule has 0 aliphatic rings. The van der Waals surface area contributed by atoms with Crippen molar-refractivity contribution in [3.05, 3.63) is 0 Å². The Hall–Kier alpha value is -1.94. The maximum Gasteiger partial charge on any atom is 0.472 e. The van der Waals surface area contributed by atoms with E-state index in [-0.39, 0.29) is 25.7 Å². The van der Waals surface area contributed by atoms with Gasteiger partial charge in [-0.25, -0.2) is 9.13 Å². The predicted octanol–water partition coefficient (Wildman–Crippen LogP) is 23.0. The summed E-state index contributed by atoms with van der Waals surface area (Å²) in [5.74, 6) is 0.198. The van der Waals surface area contributed by atoms with Crippen LogP contribution in [0.2, 0.25) is 0 Å². The zero-order valence-electron chi connectivity index (χ0n) is 63.5. The van der Waals surface area contributed by atoms with Crippen molar-refractivity contribution in [2.75, 3.05) is 39.6 Å². The summed E-state index contributed by atoms with van der Waals surface area (Å²) < 4.78 is 68.6. The highest BCUT2D eigenvalue weighted by atomic mass is 31.2. The maximum atomic E-state index is 13.1. The van der Waals surface area contributed by atoms with E-state index in [0.717, 1.165) is 108 Å².